The molecule has 1 aromatic carbocycles. The van der Waals surface area contributed by atoms with E-state index in [0.29, 0.717) is 5.92 Å². The van der Waals surface area contributed by atoms with Crippen LogP contribution in [0.15, 0.2) is 36.4 Å². The van der Waals surface area contributed by atoms with Crippen LogP contribution in [-0.2, 0) is 9.59 Å². The average molecular weight is 312 g/mol. The number of carbonyl (C=O) groups is 2. The summed E-state index contributed by atoms with van der Waals surface area (Å²) in [6.45, 7) is 10.1. The van der Waals surface area contributed by atoms with Gasteiger partial charge in [-0.2, -0.15) is 0 Å². The molecule has 2 aliphatic rings. The SMILES string of the molecule is C=C1C(C)(C)[C@H]2CC[C@]1(C(=O)Nc1ccc(NC(C)=O)cc1)C2. The highest BCUT2D eigenvalue weighted by Crippen LogP contribution is 2.65. The minimum atomic E-state index is -0.412. The van der Waals surface area contributed by atoms with Crippen LogP contribution < -0.4 is 10.6 Å². The van der Waals surface area contributed by atoms with Gasteiger partial charge >= 0.3 is 0 Å². The van der Waals surface area contributed by atoms with Gasteiger partial charge in [-0.1, -0.05) is 26.0 Å². The molecular weight excluding hydrogens is 288 g/mol. The summed E-state index contributed by atoms with van der Waals surface area (Å²) in [5.41, 5.74) is 2.18. The van der Waals surface area contributed by atoms with Crippen molar-refractivity contribution >= 4 is 23.2 Å². The first-order valence-electron chi connectivity index (χ1n) is 8.15. The minimum absolute atomic E-state index is 0.0465. The lowest BCUT2D eigenvalue weighted by Gasteiger charge is -2.37. The Labute approximate surface area is 137 Å². The Balaban J connectivity index is 1.75. The highest BCUT2D eigenvalue weighted by Gasteiger charge is 2.60. The first kappa shape index (κ1) is 15.8. The highest BCUT2D eigenvalue weighted by atomic mass is 16.2. The molecule has 0 aromatic heterocycles. The van der Waals surface area contributed by atoms with Crippen molar-refractivity contribution in [1.29, 1.82) is 0 Å². The molecule has 2 bridgehead atoms. The standard InChI is InChI=1S/C19H24N2O2/c1-12-18(3,4)14-9-10-19(12,11-14)17(23)21-16-7-5-15(6-8-16)20-13(2)22/h5-8,14H,1,9-11H2,2-4H3,(H,20,22)(H,21,23)/t14-,19-/m0/s1. The van der Waals surface area contributed by atoms with Gasteiger partial charge in [0.1, 0.15) is 0 Å². The third-order valence-corrected chi connectivity index (χ3v) is 5.79. The zero-order chi connectivity index (χ0) is 16.8. The van der Waals surface area contributed by atoms with Gasteiger partial charge in [0.2, 0.25) is 11.8 Å². The van der Waals surface area contributed by atoms with Crippen LogP contribution >= 0.6 is 0 Å². The summed E-state index contributed by atoms with van der Waals surface area (Å²) in [6.07, 6.45) is 2.91. The lowest BCUT2D eigenvalue weighted by molar-refractivity contribution is -0.123. The molecule has 2 fully saturated rings. The molecule has 2 amide bonds. The van der Waals surface area contributed by atoms with E-state index in [0.717, 1.165) is 36.2 Å². The molecule has 1 aromatic rings. The van der Waals surface area contributed by atoms with E-state index in [9.17, 15) is 9.59 Å². The van der Waals surface area contributed by atoms with E-state index in [2.05, 4.69) is 31.1 Å². The summed E-state index contributed by atoms with van der Waals surface area (Å²) < 4.78 is 0. The van der Waals surface area contributed by atoms with Crippen LogP contribution in [0, 0.1) is 16.7 Å². The zero-order valence-corrected chi connectivity index (χ0v) is 14.0. The molecule has 2 atom stereocenters. The van der Waals surface area contributed by atoms with E-state index < -0.39 is 5.41 Å². The van der Waals surface area contributed by atoms with Gasteiger partial charge in [0.15, 0.2) is 0 Å². The van der Waals surface area contributed by atoms with Crippen LogP contribution in [0.3, 0.4) is 0 Å². The minimum Gasteiger partial charge on any atom is -0.326 e. The summed E-state index contributed by atoms with van der Waals surface area (Å²) in [7, 11) is 0. The van der Waals surface area contributed by atoms with Crippen LogP contribution in [-0.4, -0.2) is 11.8 Å². The summed E-state index contributed by atoms with van der Waals surface area (Å²) >= 11 is 0. The Morgan fingerprint density at radius 2 is 1.70 bits per heavy atom. The Bertz CT molecular complexity index is 675. The molecule has 0 spiro atoms. The largest absolute Gasteiger partial charge is 0.326 e. The number of benzene rings is 1. The first-order valence-corrected chi connectivity index (χ1v) is 8.15. The van der Waals surface area contributed by atoms with Crippen molar-refractivity contribution in [1.82, 2.24) is 0 Å². The van der Waals surface area contributed by atoms with Crippen molar-refractivity contribution in [3.05, 3.63) is 36.4 Å². The van der Waals surface area contributed by atoms with E-state index in [1.807, 2.05) is 12.1 Å². The smallest absolute Gasteiger partial charge is 0.234 e. The molecule has 2 N–H and O–H groups in total. The lowest BCUT2D eigenvalue weighted by atomic mass is 9.68. The maximum atomic E-state index is 12.9. The van der Waals surface area contributed by atoms with Crippen LogP contribution in [0.2, 0.25) is 0 Å². The third kappa shape index (κ3) is 2.46. The van der Waals surface area contributed by atoms with Gasteiger partial charge in [0.05, 0.1) is 5.41 Å². The van der Waals surface area contributed by atoms with E-state index in [4.69, 9.17) is 0 Å². The first-order chi connectivity index (χ1) is 10.8. The van der Waals surface area contributed by atoms with E-state index >= 15 is 0 Å². The van der Waals surface area contributed by atoms with Gasteiger partial charge in [-0.3, -0.25) is 9.59 Å². The molecule has 0 aliphatic heterocycles. The number of hydrogen-bond donors (Lipinski definition) is 2. The summed E-state index contributed by atoms with van der Waals surface area (Å²) in [4.78, 5) is 24.0. The molecule has 4 nitrogen and oxygen atoms in total. The summed E-state index contributed by atoms with van der Waals surface area (Å²) in [6, 6.07) is 7.21. The Kier molecular flexibility index (Phi) is 3.58. The molecule has 2 aliphatic carbocycles. The van der Waals surface area contributed by atoms with Crippen LogP contribution in [0.25, 0.3) is 0 Å². The maximum Gasteiger partial charge on any atom is 0.234 e. The monoisotopic (exact) mass is 312 g/mol. The fourth-order valence-electron chi connectivity index (χ4n) is 4.23. The van der Waals surface area contributed by atoms with Crippen molar-refractivity contribution in [2.45, 2.75) is 40.0 Å². The number of hydrogen-bond acceptors (Lipinski definition) is 2. The second-order valence-corrected chi connectivity index (χ2v) is 7.43. The molecule has 4 heteroatoms. The second-order valence-electron chi connectivity index (χ2n) is 7.43. The summed E-state index contributed by atoms with van der Waals surface area (Å²) in [5.74, 6) is 0.507. The highest BCUT2D eigenvalue weighted by molar-refractivity contribution is 5.98. The molecule has 2 saturated carbocycles. The number of carbonyl (C=O) groups excluding carboxylic acids is 2. The fraction of sp³-hybridized carbons (Fsp3) is 0.474. The maximum absolute atomic E-state index is 12.9. The number of amides is 2. The van der Waals surface area contributed by atoms with Crippen molar-refractivity contribution in [3.8, 4) is 0 Å². The third-order valence-electron chi connectivity index (χ3n) is 5.79. The van der Waals surface area contributed by atoms with Crippen molar-refractivity contribution in [3.63, 3.8) is 0 Å². The van der Waals surface area contributed by atoms with E-state index in [1.54, 1.807) is 12.1 Å². The molecular formula is C19H24N2O2. The number of rotatable bonds is 3. The van der Waals surface area contributed by atoms with E-state index in [1.165, 1.54) is 6.92 Å². The van der Waals surface area contributed by atoms with Gasteiger partial charge in [-0.15, -0.1) is 0 Å². The van der Waals surface area contributed by atoms with Crippen molar-refractivity contribution in [2.24, 2.45) is 16.7 Å². The number of nitrogens with one attached hydrogen (secondary N) is 2. The normalized spacial score (nSPS) is 27.8. The lowest BCUT2D eigenvalue weighted by Crippen LogP contribution is -2.37. The second kappa shape index (κ2) is 5.22. The molecule has 23 heavy (non-hydrogen) atoms. The van der Waals surface area contributed by atoms with E-state index in [-0.39, 0.29) is 17.2 Å². The molecule has 0 saturated heterocycles. The molecule has 0 heterocycles. The van der Waals surface area contributed by atoms with Gasteiger partial charge < -0.3 is 10.6 Å². The summed E-state index contributed by atoms with van der Waals surface area (Å²) in [5, 5.41) is 5.76. The predicted molar refractivity (Wildman–Crippen MR) is 92.1 cm³/mol. The van der Waals surface area contributed by atoms with Gasteiger partial charge in [-0.05, 0) is 54.9 Å². The predicted octanol–water partition coefficient (Wildman–Crippen LogP) is 3.97. The van der Waals surface area contributed by atoms with Crippen LogP contribution in [0.4, 0.5) is 11.4 Å². The van der Waals surface area contributed by atoms with Crippen molar-refractivity contribution < 1.29 is 9.59 Å². The van der Waals surface area contributed by atoms with Gasteiger partial charge in [0, 0.05) is 18.3 Å². The van der Waals surface area contributed by atoms with Crippen molar-refractivity contribution in [2.75, 3.05) is 10.6 Å². The Morgan fingerprint density at radius 3 is 2.17 bits per heavy atom. The molecule has 3 rings (SSSR count). The topological polar surface area (TPSA) is 58.2 Å². The quantitative estimate of drug-likeness (QED) is 0.830. The number of fused-ring (bicyclic) bond motifs is 2. The van der Waals surface area contributed by atoms with Gasteiger partial charge in [-0.25, -0.2) is 0 Å². The number of anilines is 2. The molecule has 0 radical (unpaired) electrons. The Morgan fingerprint density at radius 1 is 1.13 bits per heavy atom. The average Bonchev–Trinajstić information content (AvgIpc) is 3.01. The van der Waals surface area contributed by atoms with Crippen LogP contribution in [0.1, 0.15) is 40.0 Å². The molecule has 0 unspecified atom stereocenters. The van der Waals surface area contributed by atoms with Gasteiger partial charge in [0.25, 0.3) is 0 Å². The molecule has 122 valence electrons. The Hall–Kier alpha value is -2.10. The van der Waals surface area contributed by atoms with Crippen LogP contribution in [0.5, 0.6) is 0 Å². The zero-order valence-electron chi connectivity index (χ0n) is 14.0. The fourth-order valence-corrected chi connectivity index (χ4v) is 4.23.